The van der Waals surface area contributed by atoms with Gasteiger partial charge in [-0.2, -0.15) is 0 Å². The highest BCUT2D eigenvalue weighted by atomic mass is 16.4. The minimum absolute atomic E-state index is 0.0436. The first kappa shape index (κ1) is 12.6. The molecule has 0 aliphatic heterocycles. The molecule has 0 fully saturated rings. The van der Waals surface area contributed by atoms with Crippen LogP contribution in [0.1, 0.15) is 30.6 Å². The van der Waals surface area contributed by atoms with Crippen LogP contribution in [0.15, 0.2) is 24.5 Å². The Morgan fingerprint density at radius 2 is 2.17 bits per heavy atom. The lowest BCUT2D eigenvalue weighted by atomic mass is 10.00. The second kappa shape index (κ2) is 4.42. The molecule has 0 aliphatic carbocycles. The van der Waals surface area contributed by atoms with E-state index >= 15 is 0 Å². The first-order valence-corrected chi connectivity index (χ1v) is 5.78. The summed E-state index contributed by atoms with van der Waals surface area (Å²) in [5, 5.41) is 18.3. The van der Waals surface area contributed by atoms with Gasteiger partial charge in [-0.1, -0.05) is 6.07 Å². The molecule has 1 heterocycles. The number of hydrogen-bond donors (Lipinski definition) is 2. The number of carbonyl (C=O) groups is 1. The van der Waals surface area contributed by atoms with Crippen LogP contribution in [0, 0.1) is 0 Å². The van der Waals surface area contributed by atoms with Gasteiger partial charge in [0.25, 0.3) is 0 Å². The Balaban J connectivity index is 2.69. The van der Waals surface area contributed by atoms with E-state index in [0.717, 1.165) is 0 Å². The van der Waals surface area contributed by atoms with E-state index in [1.54, 1.807) is 24.5 Å². The van der Waals surface area contributed by atoms with Crippen LogP contribution in [0.3, 0.4) is 0 Å². The molecule has 0 amide bonds. The zero-order valence-corrected chi connectivity index (χ0v) is 10.4. The second-order valence-corrected chi connectivity index (χ2v) is 4.88. The first-order chi connectivity index (χ1) is 8.47. The number of aliphatic hydroxyl groups excluding tert-OH is 1. The minimum Gasteiger partial charge on any atom is -0.478 e. The predicted molar refractivity (Wildman–Crippen MR) is 67.7 cm³/mol. The fourth-order valence-corrected chi connectivity index (χ4v) is 2.09. The molecule has 1 aromatic heterocycles. The number of hydrogen-bond acceptors (Lipinski definition) is 3. The average molecular weight is 248 g/mol. The number of benzene rings is 1. The van der Waals surface area contributed by atoms with E-state index in [0.29, 0.717) is 17.5 Å². The highest BCUT2D eigenvalue weighted by molar-refractivity contribution is 6.01. The second-order valence-electron chi connectivity index (χ2n) is 4.88. The van der Waals surface area contributed by atoms with E-state index in [2.05, 4.69) is 4.98 Å². The summed E-state index contributed by atoms with van der Waals surface area (Å²) in [5.41, 5.74) is 1.11. The summed E-state index contributed by atoms with van der Waals surface area (Å²) in [6.07, 6.45) is 2.17. The molecule has 0 bridgehead atoms. The van der Waals surface area contributed by atoms with Crippen LogP contribution in [0.4, 0.5) is 0 Å². The summed E-state index contributed by atoms with van der Waals surface area (Å²) in [6.45, 7) is 3.94. The number of aromatic carboxylic acids is 1. The molecule has 5 nitrogen and oxygen atoms in total. The molecule has 18 heavy (non-hydrogen) atoms. The average Bonchev–Trinajstić information content (AvgIpc) is 2.72. The van der Waals surface area contributed by atoms with Gasteiger partial charge in [0.05, 0.1) is 22.9 Å². The van der Waals surface area contributed by atoms with Crippen molar-refractivity contribution in [1.82, 2.24) is 9.55 Å². The van der Waals surface area contributed by atoms with Crippen molar-refractivity contribution in [2.45, 2.75) is 25.8 Å². The molecule has 0 radical (unpaired) electrons. The molecule has 0 aliphatic rings. The number of imidazole rings is 1. The van der Waals surface area contributed by atoms with Crippen molar-refractivity contribution in [1.29, 1.82) is 0 Å². The van der Waals surface area contributed by atoms with Gasteiger partial charge >= 0.3 is 5.97 Å². The molecule has 5 heteroatoms. The topological polar surface area (TPSA) is 75.3 Å². The van der Waals surface area contributed by atoms with Crippen molar-refractivity contribution in [2.24, 2.45) is 0 Å². The third-order valence-electron chi connectivity index (χ3n) is 3.17. The predicted octanol–water partition coefficient (Wildman–Crippen LogP) is 1.85. The molecule has 2 N–H and O–H groups in total. The Morgan fingerprint density at radius 3 is 2.78 bits per heavy atom. The van der Waals surface area contributed by atoms with Gasteiger partial charge in [-0.3, -0.25) is 0 Å². The largest absolute Gasteiger partial charge is 0.478 e. The van der Waals surface area contributed by atoms with Crippen molar-refractivity contribution in [2.75, 3.05) is 6.61 Å². The van der Waals surface area contributed by atoms with Gasteiger partial charge in [-0.25, -0.2) is 9.78 Å². The molecule has 0 unspecified atom stereocenters. The SMILES string of the molecule is CC(C)(CCO)n1cnc2cccc(C(=O)O)c21. The number of rotatable bonds is 4. The van der Waals surface area contributed by atoms with E-state index in [-0.39, 0.29) is 17.7 Å². The highest BCUT2D eigenvalue weighted by Gasteiger charge is 2.24. The van der Waals surface area contributed by atoms with Crippen LogP contribution in [-0.4, -0.2) is 32.3 Å². The van der Waals surface area contributed by atoms with Crippen molar-refractivity contribution >= 4 is 17.0 Å². The number of para-hydroxylation sites is 1. The van der Waals surface area contributed by atoms with Crippen molar-refractivity contribution in [3.8, 4) is 0 Å². The minimum atomic E-state index is -0.970. The highest BCUT2D eigenvalue weighted by Crippen LogP contribution is 2.27. The summed E-state index contributed by atoms with van der Waals surface area (Å²) in [5.74, 6) is -0.970. The van der Waals surface area contributed by atoms with Gasteiger partial charge in [-0.05, 0) is 32.4 Å². The molecule has 2 aromatic rings. The van der Waals surface area contributed by atoms with Crippen molar-refractivity contribution in [3.63, 3.8) is 0 Å². The van der Waals surface area contributed by atoms with Crippen LogP contribution in [0.2, 0.25) is 0 Å². The van der Waals surface area contributed by atoms with Gasteiger partial charge < -0.3 is 14.8 Å². The van der Waals surface area contributed by atoms with E-state index < -0.39 is 5.97 Å². The summed E-state index contributed by atoms with van der Waals surface area (Å²) in [7, 11) is 0. The van der Waals surface area contributed by atoms with Gasteiger partial charge in [0.2, 0.25) is 0 Å². The molecular weight excluding hydrogens is 232 g/mol. The maximum absolute atomic E-state index is 11.3. The Hall–Kier alpha value is -1.88. The summed E-state index contributed by atoms with van der Waals surface area (Å²) in [6, 6.07) is 5.04. The molecule has 2 rings (SSSR count). The van der Waals surface area contributed by atoms with Gasteiger partial charge in [0.1, 0.15) is 0 Å². The number of aromatic nitrogens is 2. The number of carboxylic acids is 1. The monoisotopic (exact) mass is 248 g/mol. The Kier molecular flexibility index (Phi) is 3.09. The first-order valence-electron chi connectivity index (χ1n) is 5.78. The molecule has 0 atom stereocenters. The van der Waals surface area contributed by atoms with Gasteiger partial charge in [0.15, 0.2) is 0 Å². The van der Waals surface area contributed by atoms with Crippen LogP contribution in [0.25, 0.3) is 11.0 Å². The van der Waals surface area contributed by atoms with Crippen LogP contribution < -0.4 is 0 Å². The van der Waals surface area contributed by atoms with Crippen LogP contribution >= 0.6 is 0 Å². The van der Waals surface area contributed by atoms with E-state index in [1.807, 2.05) is 18.4 Å². The molecule has 96 valence electrons. The van der Waals surface area contributed by atoms with Gasteiger partial charge in [-0.15, -0.1) is 0 Å². The van der Waals surface area contributed by atoms with E-state index in [4.69, 9.17) is 5.11 Å². The van der Waals surface area contributed by atoms with Crippen molar-refractivity contribution in [3.05, 3.63) is 30.1 Å². The lowest BCUT2D eigenvalue weighted by Gasteiger charge is -2.27. The third kappa shape index (κ3) is 1.97. The lowest BCUT2D eigenvalue weighted by Crippen LogP contribution is -2.27. The molecular formula is C13H16N2O3. The standard InChI is InChI=1S/C13H16N2O3/c1-13(2,6-7-16)15-8-14-10-5-3-4-9(11(10)15)12(17)18/h3-5,8,16H,6-7H2,1-2H3,(H,17,18). The summed E-state index contributed by atoms with van der Waals surface area (Å²) < 4.78 is 1.82. The number of aliphatic hydroxyl groups is 1. The van der Waals surface area contributed by atoms with Crippen LogP contribution in [0.5, 0.6) is 0 Å². The Bertz CT molecular complexity index is 587. The quantitative estimate of drug-likeness (QED) is 0.865. The third-order valence-corrected chi connectivity index (χ3v) is 3.17. The van der Waals surface area contributed by atoms with Crippen LogP contribution in [-0.2, 0) is 5.54 Å². The normalized spacial score (nSPS) is 11.9. The van der Waals surface area contributed by atoms with Gasteiger partial charge in [0, 0.05) is 12.1 Å². The molecule has 0 saturated carbocycles. The maximum Gasteiger partial charge on any atom is 0.337 e. The Morgan fingerprint density at radius 1 is 1.44 bits per heavy atom. The summed E-state index contributed by atoms with van der Waals surface area (Å²) >= 11 is 0. The van der Waals surface area contributed by atoms with E-state index in [9.17, 15) is 9.90 Å². The lowest BCUT2D eigenvalue weighted by molar-refractivity contribution is 0.0698. The molecule has 1 aromatic carbocycles. The van der Waals surface area contributed by atoms with E-state index in [1.165, 1.54) is 0 Å². The smallest absolute Gasteiger partial charge is 0.337 e. The summed E-state index contributed by atoms with van der Waals surface area (Å²) in [4.78, 5) is 15.5. The fourth-order valence-electron chi connectivity index (χ4n) is 2.09. The maximum atomic E-state index is 11.3. The zero-order chi connectivity index (χ0) is 13.3. The van der Waals surface area contributed by atoms with Crippen molar-refractivity contribution < 1.29 is 15.0 Å². The molecule has 0 saturated heterocycles. The molecule has 0 spiro atoms. The zero-order valence-electron chi connectivity index (χ0n) is 10.4. The Labute approximate surface area is 105 Å². The number of fused-ring (bicyclic) bond motifs is 1. The number of carboxylic acid groups (broad SMARTS) is 1. The fraction of sp³-hybridized carbons (Fsp3) is 0.385. The number of nitrogens with zero attached hydrogens (tertiary/aromatic N) is 2.